The zero-order valence-electron chi connectivity index (χ0n) is 8.10. The van der Waals surface area contributed by atoms with Crippen LogP contribution in [0.5, 0.6) is 0 Å². The second-order valence-corrected chi connectivity index (χ2v) is 4.43. The van der Waals surface area contributed by atoms with Gasteiger partial charge in [0, 0.05) is 0 Å². The van der Waals surface area contributed by atoms with E-state index in [1.165, 1.54) is 50.8 Å². The highest BCUT2D eigenvalue weighted by Gasteiger charge is 1.89. The summed E-state index contributed by atoms with van der Waals surface area (Å²) in [7, 11) is 1.69. The summed E-state index contributed by atoms with van der Waals surface area (Å²) in [4.78, 5) is 0. The van der Waals surface area contributed by atoms with Gasteiger partial charge < -0.3 is 0 Å². The molecule has 0 bridgehead atoms. The van der Waals surface area contributed by atoms with E-state index in [9.17, 15) is 0 Å². The zero-order valence-corrected chi connectivity index (χ0v) is 9.00. The molecule has 0 amide bonds. The topological polar surface area (TPSA) is 0 Å². The number of hydrogen-bond donors (Lipinski definition) is 0. The van der Waals surface area contributed by atoms with Crippen LogP contribution < -0.4 is 0 Å². The molecule has 67 valence electrons. The fourth-order valence-electron chi connectivity index (χ4n) is 1.06. The van der Waals surface area contributed by atoms with Crippen LogP contribution in [-0.4, -0.2) is 12.3 Å². The Kier molecular flexibility index (Phi) is 10.8. The van der Waals surface area contributed by atoms with Gasteiger partial charge in [-0.2, -0.15) is 0 Å². The van der Waals surface area contributed by atoms with Gasteiger partial charge in [-0.3, -0.25) is 0 Å². The van der Waals surface area contributed by atoms with Gasteiger partial charge in [0.15, 0.2) is 0 Å². The Morgan fingerprint density at radius 3 is 1.55 bits per heavy atom. The van der Waals surface area contributed by atoms with Crippen molar-refractivity contribution < 1.29 is 0 Å². The van der Waals surface area contributed by atoms with Gasteiger partial charge in [-0.1, -0.05) is 48.1 Å². The Morgan fingerprint density at radius 2 is 1.18 bits per heavy atom. The van der Waals surface area contributed by atoms with Crippen LogP contribution in [-0.2, 0) is 0 Å². The summed E-state index contributed by atoms with van der Waals surface area (Å²) in [6.07, 6.45) is 11.4. The van der Waals surface area contributed by atoms with E-state index in [0.29, 0.717) is 0 Å². The summed E-state index contributed by atoms with van der Waals surface area (Å²) >= 11 is 0. The van der Waals surface area contributed by atoms with Crippen LogP contribution in [0.15, 0.2) is 0 Å². The van der Waals surface area contributed by atoms with Crippen molar-refractivity contribution >= 4 is 8.58 Å². The molecule has 0 aromatic carbocycles. The van der Waals surface area contributed by atoms with Crippen LogP contribution in [0.2, 0.25) is 0 Å². The van der Waals surface area contributed by atoms with Crippen molar-refractivity contribution in [2.75, 3.05) is 12.3 Å². The van der Waals surface area contributed by atoms with Crippen LogP contribution in [0.25, 0.3) is 0 Å². The van der Waals surface area contributed by atoms with Gasteiger partial charge in [0.05, 0.1) is 0 Å². The summed E-state index contributed by atoms with van der Waals surface area (Å²) < 4.78 is 0. The average Bonchev–Trinajstić information content (AvgIpc) is 2.03. The Labute approximate surface area is 73.9 Å². The quantitative estimate of drug-likeness (QED) is 0.379. The number of unbranched alkanes of at least 4 members (excludes halogenated alkanes) is 4. The molecular weight excluding hydrogens is 151 g/mol. The van der Waals surface area contributed by atoms with E-state index in [1.807, 2.05) is 0 Å². The molecule has 0 aliphatic heterocycles. The predicted octanol–water partition coefficient (Wildman–Crippen LogP) is 4.31. The van der Waals surface area contributed by atoms with E-state index in [4.69, 9.17) is 0 Å². The summed E-state index contributed by atoms with van der Waals surface area (Å²) in [5, 5.41) is 0. The predicted molar refractivity (Wildman–Crippen MR) is 55.7 cm³/mol. The second-order valence-electron chi connectivity index (χ2n) is 3.09. The summed E-state index contributed by atoms with van der Waals surface area (Å²) in [6.45, 7) is 4.54. The maximum absolute atomic E-state index is 2.27. The molecule has 0 saturated heterocycles. The van der Waals surface area contributed by atoms with Gasteiger partial charge in [0.2, 0.25) is 0 Å². The number of rotatable bonds is 8. The molecule has 0 saturated carbocycles. The molecule has 11 heavy (non-hydrogen) atoms. The first-order valence-corrected chi connectivity index (χ1v) is 6.31. The third kappa shape index (κ3) is 10.4. The lowest BCUT2D eigenvalue weighted by Crippen LogP contribution is -1.81. The van der Waals surface area contributed by atoms with Crippen molar-refractivity contribution in [3.8, 4) is 0 Å². The third-order valence-corrected chi connectivity index (χ3v) is 3.10. The Morgan fingerprint density at radius 1 is 0.727 bits per heavy atom. The van der Waals surface area contributed by atoms with Gasteiger partial charge in [-0.25, -0.2) is 0 Å². The van der Waals surface area contributed by atoms with E-state index in [-0.39, 0.29) is 0 Å². The van der Waals surface area contributed by atoms with E-state index in [2.05, 4.69) is 13.8 Å². The van der Waals surface area contributed by atoms with Crippen LogP contribution in [0, 0.1) is 0 Å². The second kappa shape index (κ2) is 10.4. The third-order valence-electron chi connectivity index (χ3n) is 1.84. The molecule has 0 aliphatic carbocycles. The zero-order chi connectivity index (χ0) is 8.36. The van der Waals surface area contributed by atoms with Gasteiger partial charge >= 0.3 is 0 Å². The Balaban J connectivity index is 2.69. The summed E-state index contributed by atoms with van der Waals surface area (Å²) in [6, 6.07) is 0. The first-order valence-electron chi connectivity index (χ1n) is 5.05. The van der Waals surface area contributed by atoms with Crippen LogP contribution in [0.3, 0.4) is 0 Å². The molecule has 0 atom stereocenters. The molecule has 0 unspecified atom stereocenters. The molecule has 1 heteroatoms. The molecule has 0 aliphatic rings. The van der Waals surface area contributed by atoms with Crippen molar-refractivity contribution in [2.45, 2.75) is 52.4 Å². The fourth-order valence-corrected chi connectivity index (χ4v) is 2.18. The Hall–Kier alpha value is 0.430. The van der Waals surface area contributed by atoms with Gasteiger partial charge in [0.25, 0.3) is 0 Å². The largest absolute Gasteiger partial charge is 0.0810 e. The lowest BCUT2D eigenvalue weighted by atomic mass is 10.3. The molecule has 0 N–H and O–H groups in total. The maximum Gasteiger partial charge on any atom is -0.0287 e. The molecule has 0 heterocycles. The van der Waals surface area contributed by atoms with Crippen molar-refractivity contribution in [3.63, 3.8) is 0 Å². The highest BCUT2D eigenvalue weighted by molar-refractivity contribution is 7.37. The lowest BCUT2D eigenvalue weighted by molar-refractivity contribution is 0.765. The molecule has 0 aromatic heterocycles. The van der Waals surface area contributed by atoms with Crippen LogP contribution in [0.1, 0.15) is 52.4 Å². The van der Waals surface area contributed by atoms with Crippen molar-refractivity contribution in [1.82, 2.24) is 0 Å². The molecule has 0 nitrogen and oxygen atoms in total. The van der Waals surface area contributed by atoms with Gasteiger partial charge in [-0.05, 0) is 25.2 Å². The van der Waals surface area contributed by atoms with Gasteiger partial charge in [-0.15, -0.1) is 0 Å². The van der Waals surface area contributed by atoms with E-state index in [1.54, 1.807) is 8.58 Å². The molecule has 1 radical (unpaired) electrons. The smallest absolute Gasteiger partial charge is 0.0287 e. The highest BCUT2D eigenvalue weighted by atomic mass is 31.1. The standard InChI is InChI=1S/C10H22P/c1-3-5-7-9-11-10-8-6-4-2/h3-10H2,1-2H3. The Bertz CT molecular complexity index is 53.9. The van der Waals surface area contributed by atoms with E-state index >= 15 is 0 Å². The van der Waals surface area contributed by atoms with E-state index in [0.717, 1.165) is 0 Å². The van der Waals surface area contributed by atoms with Gasteiger partial charge in [0.1, 0.15) is 0 Å². The van der Waals surface area contributed by atoms with Crippen molar-refractivity contribution in [2.24, 2.45) is 0 Å². The first kappa shape index (κ1) is 11.4. The number of hydrogen-bond acceptors (Lipinski definition) is 0. The fraction of sp³-hybridized carbons (Fsp3) is 1.00. The van der Waals surface area contributed by atoms with Crippen LogP contribution in [0.4, 0.5) is 0 Å². The molecule has 0 rings (SSSR count). The molecular formula is C10H22P. The summed E-state index contributed by atoms with van der Waals surface area (Å²) in [5.41, 5.74) is 0. The van der Waals surface area contributed by atoms with Crippen molar-refractivity contribution in [3.05, 3.63) is 0 Å². The monoisotopic (exact) mass is 173 g/mol. The SMILES string of the molecule is CCCCC[P]CCCCC. The van der Waals surface area contributed by atoms with E-state index < -0.39 is 0 Å². The normalized spacial score (nSPS) is 10.4. The average molecular weight is 173 g/mol. The highest BCUT2D eigenvalue weighted by Crippen LogP contribution is 2.15. The minimum atomic E-state index is 1.37. The van der Waals surface area contributed by atoms with Crippen molar-refractivity contribution in [1.29, 1.82) is 0 Å². The summed E-state index contributed by atoms with van der Waals surface area (Å²) in [5.74, 6) is 0. The molecule has 0 aromatic rings. The molecule has 0 fully saturated rings. The minimum Gasteiger partial charge on any atom is -0.0810 e. The maximum atomic E-state index is 2.27. The lowest BCUT2D eigenvalue weighted by Gasteiger charge is -1.98. The van der Waals surface area contributed by atoms with Crippen LogP contribution >= 0.6 is 8.58 Å². The first-order chi connectivity index (χ1) is 5.41. The molecule has 0 spiro atoms. The minimum absolute atomic E-state index is 1.37.